The van der Waals surface area contributed by atoms with Crippen LogP contribution in [0.25, 0.3) is 0 Å². The summed E-state index contributed by atoms with van der Waals surface area (Å²) in [6.45, 7) is 6.34. The van der Waals surface area contributed by atoms with Crippen LogP contribution in [-0.4, -0.2) is 49.8 Å². The van der Waals surface area contributed by atoms with Crippen molar-refractivity contribution in [3.8, 4) is 0 Å². The lowest BCUT2D eigenvalue weighted by Crippen LogP contribution is -2.37. The van der Waals surface area contributed by atoms with Gasteiger partial charge in [0.05, 0.1) is 6.61 Å². The Morgan fingerprint density at radius 3 is 2.95 bits per heavy atom. The van der Waals surface area contributed by atoms with E-state index in [9.17, 15) is 0 Å². The van der Waals surface area contributed by atoms with E-state index in [1.807, 2.05) is 18.5 Å². The van der Waals surface area contributed by atoms with E-state index in [1.165, 1.54) is 31.5 Å². The van der Waals surface area contributed by atoms with Crippen molar-refractivity contribution in [2.24, 2.45) is 5.92 Å². The summed E-state index contributed by atoms with van der Waals surface area (Å²) in [5.74, 6) is 0.821. The third kappa shape index (κ3) is 5.27. The number of piperidine rings is 1. The molecule has 1 saturated heterocycles. The molecule has 0 amide bonds. The van der Waals surface area contributed by atoms with Gasteiger partial charge in [0, 0.05) is 32.6 Å². The van der Waals surface area contributed by atoms with Crippen LogP contribution in [0.1, 0.15) is 18.4 Å². The zero-order valence-electron chi connectivity index (χ0n) is 11.8. The van der Waals surface area contributed by atoms with E-state index in [4.69, 9.17) is 4.74 Å². The topological polar surface area (TPSA) is 37.4 Å². The molecule has 2 heterocycles. The molecule has 0 saturated carbocycles. The zero-order chi connectivity index (χ0) is 13.3. The molecule has 2 rings (SSSR count). The molecule has 1 aliphatic heterocycles. The number of likely N-dealkylation sites (tertiary alicyclic amines) is 1. The molecule has 0 aromatic carbocycles. The Balaban J connectivity index is 1.62. The van der Waals surface area contributed by atoms with Crippen LogP contribution in [-0.2, 0) is 11.3 Å². The monoisotopic (exact) mass is 263 g/mol. The molecular formula is C15H25N3O. The normalized spacial score (nSPS) is 17.7. The van der Waals surface area contributed by atoms with Crippen molar-refractivity contribution in [1.82, 2.24) is 15.2 Å². The predicted molar refractivity (Wildman–Crippen MR) is 77.0 cm³/mol. The van der Waals surface area contributed by atoms with Gasteiger partial charge in [0.1, 0.15) is 0 Å². The first-order chi connectivity index (χ1) is 9.38. The molecule has 106 valence electrons. The van der Waals surface area contributed by atoms with E-state index >= 15 is 0 Å². The van der Waals surface area contributed by atoms with Crippen LogP contribution in [0.4, 0.5) is 0 Å². The van der Waals surface area contributed by atoms with Crippen molar-refractivity contribution < 1.29 is 4.74 Å². The minimum absolute atomic E-state index is 0.805. The average molecular weight is 263 g/mol. The highest BCUT2D eigenvalue weighted by Gasteiger charge is 2.18. The van der Waals surface area contributed by atoms with Crippen LogP contribution in [0.15, 0.2) is 24.5 Å². The SMILES string of the molecule is COCCNCC1CCN(Cc2cccnc2)CC1. The number of aromatic nitrogens is 1. The lowest BCUT2D eigenvalue weighted by molar-refractivity contribution is 0.168. The molecule has 4 heteroatoms. The summed E-state index contributed by atoms with van der Waals surface area (Å²) >= 11 is 0. The summed E-state index contributed by atoms with van der Waals surface area (Å²) in [7, 11) is 1.75. The molecule has 0 unspecified atom stereocenters. The minimum atomic E-state index is 0.805. The fraction of sp³-hybridized carbons (Fsp3) is 0.667. The maximum absolute atomic E-state index is 5.04. The Kier molecular flexibility index (Phi) is 6.27. The maximum Gasteiger partial charge on any atom is 0.0587 e. The average Bonchev–Trinajstić information content (AvgIpc) is 2.46. The molecule has 0 atom stereocenters. The highest BCUT2D eigenvalue weighted by atomic mass is 16.5. The fourth-order valence-corrected chi connectivity index (χ4v) is 2.58. The standard InChI is InChI=1S/C15H25N3O/c1-19-10-7-17-11-14-4-8-18(9-5-14)13-15-3-2-6-16-12-15/h2-3,6,12,14,17H,4-5,7-11,13H2,1H3. The number of hydrogen-bond acceptors (Lipinski definition) is 4. The van der Waals surface area contributed by atoms with E-state index in [0.29, 0.717) is 0 Å². The van der Waals surface area contributed by atoms with Crippen molar-refractivity contribution in [3.63, 3.8) is 0 Å². The summed E-state index contributed by atoms with van der Waals surface area (Å²) < 4.78 is 5.04. The summed E-state index contributed by atoms with van der Waals surface area (Å²) in [5, 5.41) is 3.47. The van der Waals surface area contributed by atoms with E-state index in [-0.39, 0.29) is 0 Å². The van der Waals surface area contributed by atoms with Crippen molar-refractivity contribution in [1.29, 1.82) is 0 Å². The molecule has 0 bridgehead atoms. The Morgan fingerprint density at radius 1 is 1.42 bits per heavy atom. The van der Waals surface area contributed by atoms with E-state index in [0.717, 1.165) is 32.2 Å². The highest BCUT2D eigenvalue weighted by Crippen LogP contribution is 2.18. The van der Waals surface area contributed by atoms with Crippen LogP contribution in [0.3, 0.4) is 0 Å². The maximum atomic E-state index is 5.04. The van der Waals surface area contributed by atoms with Gasteiger partial charge in [0.15, 0.2) is 0 Å². The smallest absolute Gasteiger partial charge is 0.0587 e. The van der Waals surface area contributed by atoms with E-state index in [1.54, 1.807) is 7.11 Å². The molecule has 0 spiro atoms. The van der Waals surface area contributed by atoms with Gasteiger partial charge in [-0.1, -0.05) is 6.07 Å². The summed E-state index contributed by atoms with van der Waals surface area (Å²) in [5.41, 5.74) is 1.32. The van der Waals surface area contributed by atoms with Gasteiger partial charge in [-0.2, -0.15) is 0 Å². The minimum Gasteiger partial charge on any atom is -0.383 e. The quantitative estimate of drug-likeness (QED) is 0.757. The molecule has 0 aliphatic carbocycles. The first kappa shape index (κ1) is 14.4. The highest BCUT2D eigenvalue weighted by molar-refractivity contribution is 5.08. The second kappa shape index (κ2) is 8.25. The number of hydrogen-bond donors (Lipinski definition) is 1. The second-order valence-corrected chi connectivity index (χ2v) is 5.28. The van der Waals surface area contributed by atoms with Crippen LogP contribution in [0.5, 0.6) is 0 Å². The third-order valence-corrected chi connectivity index (χ3v) is 3.75. The number of pyridine rings is 1. The Labute approximate surface area is 116 Å². The first-order valence-corrected chi connectivity index (χ1v) is 7.19. The molecule has 1 aliphatic rings. The molecule has 0 radical (unpaired) electrons. The lowest BCUT2D eigenvalue weighted by Gasteiger charge is -2.32. The van der Waals surface area contributed by atoms with E-state index < -0.39 is 0 Å². The summed E-state index contributed by atoms with van der Waals surface area (Å²) in [4.78, 5) is 6.71. The van der Waals surface area contributed by atoms with Crippen LogP contribution >= 0.6 is 0 Å². The van der Waals surface area contributed by atoms with Gasteiger partial charge >= 0.3 is 0 Å². The Hall–Kier alpha value is -0.970. The molecule has 19 heavy (non-hydrogen) atoms. The van der Waals surface area contributed by atoms with Gasteiger partial charge in [-0.15, -0.1) is 0 Å². The van der Waals surface area contributed by atoms with Crippen molar-refractivity contribution in [3.05, 3.63) is 30.1 Å². The van der Waals surface area contributed by atoms with Crippen molar-refractivity contribution >= 4 is 0 Å². The molecule has 1 fully saturated rings. The van der Waals surface area contributed by atoms with E-state index in [2.05, 4.69) is 21.3 Å². The van der Waals surface area contributed by atoms with Crippen LogP contribution in [0.2, 0.25) is 0 Å². The molecule has 1 aromatic rings. The number of methoxy groups -OCH3 is 1. The summed E-state index contributed by atoms with van der Waals surface area (Å²) in [6.07, 6.45) is 6.39. The van der Waals surface area contributed by atoms with Gasteiger partial charge in [0.2, 0.25) is 0 Å². The summed E-state index contributed by atoms with van der Waals surface area (Å²) in [6, 6.07) is 4.17. The largest absolute Gasteiger partial charge is 0.383 e. The second-order valence-electron chi connectivity index (χ2n) is 5.28. The van der Waals surface area contributed by atoms with Gasteiger partial charge in [-0.25, -0.2) is 0 Å². The Morgan fingerprint density at radius 2 is 2.26 bits per heavy atom. The number of rotatable bonds is 7. The van der Waals surface area contributed by atoms with Gasteiger partial charge in [-0.05, 0) is 50.0 Å². The van der Waals surface area contributed by atoms with Gasteiger partial charge < -0.3 is 10.1 Å². The predicted octanol–water partition coefficient (Wildman–Crippen LogP) is 1.53. The van der Waals surface area contributed by atoms with Gasteiger partial charge in [-0.3, -0.25) is 9.88 Å². The number of nitrogens with zero attached hydrogens (tertiary/aromatic N) is 2. The number of ether oxygens (including phenoxy) is 1. The lowest BCUT2D eigenvalue weighted by atomic mass is 9.96. The van der Waals surface area contributed by atoms with Crippen molar-refractivity contribution in [2.75, 3.05) is 39.9 Å². The van der Waals surface area contributed by atoms with Crippen LogP contribution < -0.4 is 5.32 Å². The fourth-order valence-electron chi connectivity index (χ4n) is 2.58. The molecule has 4 nitrogen and oxygen atoms in total. The van der Waals surface area contributed by atoms with Crippen LogP contribution in [0, 0.1) is 5.92 Å². The molecular weight excluding hydrogens is 238 g/mol. The molecule has 1 aromatic heterocycles. The van der Waals surface area contributed by atoms with Crippen molar-refractivity contribution in [2.45, 2.75) is 19.4 Å². The first-order valence-electron chi connectivity index (χ1n) is 7.19. The third-order valence-electron chi connectivity index (χ3n) is 3.75. The van der Waals surface area contributed by atoms with Gasteiger partial charge in [0.25, 0.3) is 0 Å². The molecule has 1 N–H and O–H groups in total. The zero-order valence-corrected chi connectivity index (χ0v) is 11.8. The number of nitrogens with one attached hydrogen (secondary N) is 1. The Bertz CT molecular complexity index is 337.